The molecule has 36 heavy (non-hydrogen) atoms. The van der Waals surface area contributed by atoms with Crippen molar-refractivity contribution in [2.45, 2.75) is 121 Å². The van der Waals surface area contributed by atoms with Crippen LogP contribution in [0.1, 0.15) is 111 Å². The van der Waals surface area contributed by atoms with Gasteiger partial charge in [-0.05, 0) is 0 Å². The second-order valence-corrected chi connectivity index (χ2v) is 17.9. The average Bonchev–Trinajstić information content (AvgIpc) is 2.91. The number of hydrogen-bond acceptors (Lipinski definition) is 3. The minimum atomic E-state index is -4.06. The SMILES string of the molecule is CCCCC1(CCCC)C[CH2][Sn]([O]c2ccccc2)([O]c2ccccc2)[O]C1(CCCC)CCCC. The fourth-order valence-corrected chi connectivity index (χ4v) is 15.3. The molecular formula is C32H50O3Sn. The number of benzene rings is 2. The van der Waals surface area contributed by atoms with Gasteiger partial charge in [-0.25, -0.2) is 0 Å². The molecule has 2 aromatic carbocycles. The van der Waals surface area contributed by atoms with E-state index in [1.54, 1.807) is 0 Å². The van der Waals surface area contributed by atoms with Crippen molar-refractivity contribution >= 4 is 19.6 Å². The topological polar surface area (TPSA) is 27.7 Å². The zero-order valence-electron chi connectivity index (χ0n) is 23.4. The van der Waals surface area contributed by atoms with Gasteiger partial charge < -0.3 is 0 Å². The van der Waals surface area contributed by atoms with Gasteiger partial charge in [0.1, 0.15) is 0 Å². The van der Waals surface area contributed by atoms with E-state index in [1.165, 1.54) is 64.2 Å². The van der Waals surface area contributed by atoms with Gasteiger partial charge in [0.15, 0.2) is 0 Å². The van der Waals surface area contributed by atoms with E-state index in [-0.39, 0.29) is 11.0 Å². The molecule has 0 amide bonds. The van der Waals surface area contributed by atoms with Gasteiger partial charge in [-0.3, -0.25) is 0 Å². The van der Waals surface area contributed by atoms with Crippen LogP contribution in [0.15, 0.2) is 60.7 Å². The van der Waals surface area contributed by atoms with Crippen molar-refractivity contribution < 1.29 is 9.22 Å². The molecule has 3 nitrogen and oxygen atoms in total. The number of rotatable bonds is 16. The van der Waals surface area contributed by atoms with Crippen LogP contribution in [-0.2, 0) is 3.07 Å². The zero-order chi connectivity index (χ0) is 25.7. The molecule has 200 valence electrons. The Labute approximate surface area is 226 Å². The zero-order valence-corrected chi connectivity index (χ0v) is 26.3. The maximum atomic E-state index is 7.65. The van der Waals surface area contributed by atoms with Crippen molar-refractivity contribution in [3.05, 3.63) is 60.7 Å². The summed E-state index contributed by atoms with van der Waals surface area (Å²) in [5.74, 6) is 1.78. The monoisotopic (exact) mass is 602 g/mol. The quantitative estimate of drug-likeness (QED) is 0.179. The summed E-state index contributed by atoms with van der Waals surface area (Å²) in [6.07, 6.45) is 15.7. The Morgan fingerprint density at radius 3 is 1.47 bits per heavy atom. The Morgan fingerprint density at radius 2 is 1.06 bits per heavy atom. The van der Waals surface area contributed by atoms with E-state index in [1.807, 2.05) is 12.1 Å². The van der Waals surface area contributed by atoms with Crippen molar-refractivity contribution in [1.29, 1.82) is 0 Å². The van der Waals surface area contributed by atoms with E-state index in [2.05, 4.69) is 76.2 Å². The van der Waals surface area contributed by atoms with Crippen LogP contribution < -0.4 is 6.15 Å². The Morgan fingerprint density at radius 1 is 0.639 bits per heavy atom. The maximum absolute atomic E-state index is 7.65. The molecule has 0 aliphatic carbocycles. The van der Waals surface area contributed by atoms with Crippen molar-refractivity contribution in [2.75, 3.05) is 0 Å². The molecule has 1 aliphatic heterocycles. The average molecular weight is 601 g/mol. The minimum absolute atomic E-state index is 0.165. The van der Waals surface area contributed by atoms with Gasteiger partial charge in [0.05, 0.1) is 0 Å². The van der Waals surface area contributed by atoms with Gasteiger partial charge in [-0.1, -0.05) is 0 Å². The van der Waals surface area contributed by atoms with Gasteiger partial charge in [-0.2, -0.15) is 0 Å². The standard InChI is InChI=1S/C20H40O.2C6H6O.Sn/c1-6-11-15-19(10-5,16-12-7-2)20(21,17-13-8-3)18-14-9-4;2*7-6-4-2-1-3-5-6;/h5-18H2,1-4H3;2*1-5,7H;/q-1;;;+3/p-2. The van der Waals surface area contributed by atoms with Crippen molar-refractivity contribution in [3.63, 3.8) is 0 Å². The van der Waals surface area contributed by atoms with Crippen LogP contribution in [0, 0.1) is 5.41 Å². The van der Waals surface area contributed by atoms with Crippen LogP contribution in [0.2, 0.25) is 4.44 Å². The molecule has 0 aromatic heterocycles. The molecule has 4 heteroatoms. The summed E-state index contributed by atoms with van der Waals surface area (Å²) in [4.78, 5) is 0. The van der Waals surface area contributed by atoms with Gasteiger partial charge >= 0.3 is 228 Å². The molecule has 0 spiro atoms. The number of para-hydroxylation sites is 2. The van der Waals surface area contributed by atoms with E-state index in [4.69, 9.17) is 9.22 Å². The summed E-state index contributed by atoms with van der Waals surface area (Å²) in [6, 6.07) is 20.5. The van der Waals surface area contributed by atoms with E-state index in [0.717, 1.165) is 35.2 Å². The third-order valence-corrected chi connectivity index (χ3v) is 15.7. The molecule has 2 aromatic rings. The molecular weight excluding hydrogens is 551 g/mol. The summed E-state index contributed by atoms with van der Waals surface area (Å²) < 4.78 is 22.4. The molecule has 1 fully saturated rings. The normalized spacial score (nSPS) is 18.0. The fourth-order valence-electron chi connectivity index (χ4n) is 6.12. The van der Waals surface area contributed by atoms with E-state index >= 15 is 0 Å². The van der Waals surface area contributed by atoms with Gasteiger partial charge in [0.25, 0.3) is 0 Å². The predicted molar refractivity (Wildman–Crippen MR) is 154 cm³/mol. The van der Waals surface area contributed by atoms with Crippen LogP contribution in [0.3, 0.4) is 0 Å². The van der Waals surface area contributed by atoms with Crippen molar-refractivity contribution in [1.82, 2.24) is 0 Å². The number of unbranched alkanes of at least 4 members (excludes halogenated alkanes) is 4. The Bertz CT molecular complexity index is 797. The predicted octanol–water partition coefficient (Wildman–Crippen LogP) is 9.99. The van der Waals surface area contributed by atoms with Gasteiger partial charge in [0, 0.05) is 0 Å². The molecule has 1 heterocycles. The molecule has 0 N–H and O–H groups in total. The van der Waals surface area contributed by atoms with Crippen molar-refractivity contribution in [3.8, 4) is 11.5 Å². The summed E-state index contributed by atoms with van der Waals surface area (Å²) in [6.45, 7) is 9.29. The van der Waals surface area contributed by atoms with E-state index in [0.29, 0.717) is 0 Å². The Hall–Kier alpha value is -1.20. The first-order valence-corrected chi connectivity index (χ1v) is 20.3. The first-order valence-electron chi connectivity index (χ1n) is 14.7. The molecule has 0 saturated carbocycles. The summed E-state index contributed by atoms with van der Waals surface area (Å²) in [5.41, 5.74) is 0.0468. The third-order valence-electron chi connectivity index (χ3n) is 8.15. The molecule has 0 radical (unpaired) electrons. The molecule has 3 rings (SSSR count). The summed E-state index contributed by atoms with van der Waals surface area (Å²) >= 11 is -4.06. The van der Waals surface area contributed by atoms with Crippen LogP contribution in [0.25, 0.3) is 0 Å². The second kappa shape index (κ2) is 14.7. The summed E-state index contributed by atoms with van der Waals surface area (Å²) in [5, 5.41) is 0. The van der Waals surface area contributed by atoms with E-state index in [9.17, 15) is 0 Å². The van der Waals surface area contributed by atoms with Crippen LogP contribution in [0.5, 0.6) is 11.5 Å². The van der Waals surface area contributed by atoms with Gasteiger partial charge in [0.2, 0.25) is 0 Å². The Kier molecular flexibility index (Phi) is 12.0. The first-order chi connectivity index (χ1) is 17.6. The molecule has 1 aliphatic rings. The van der Waals surface area contributed by atoms with E-state index < -0.39 is 19.6 Å². The first kappa shape index (κ1) is 29.4. The van der Waals surface area contributed by atoms with Crippen LogP contribution in [0.4, 0.5) is 0 Å². The van der Waals surface area contributed by atoms with Gasteiger partial charge in [-0.15, -0.1) is 0 Å². The fraction of sp³-hybridized carbons (Fsp3) is 0.625. The summed E-state index contributed by atoms with van der Waals surface area (Å²) in [7, 11) is 0. The van der Waals surface area contributed by atoms with Crippen LogP contribution in [-0.4, -0.2) is 25.2 Å². The molecule has 1 saturated heterocycles. The molecule has 0 atom stereocenters. The second-order valence-electron chi connectivity index (χ2n) is 10.8. The van der Waals surface area contributed by atoms with Crippen LogP contribution >= 0.6 is 0 Å². The Balaban J connectivity index is 2.09. The third kappa shape index (κ3) is 7.43. The van der Waals surface area contributed by atoms with Crippen molar-refractivity contribution in [2.24, 2.45) is 5.41 Å². The molecule has 0 unspecified atom stereocenters. The number of hydrogen-bond donors (Lipinski definition) is 0. The molecule has 0 bridgehead atoms.